The van der Waals surface area contributed by atoms with E-state index in [0.29, 0.717) is 27.8 Å². The summed E-state index contributed by atoms with van der Waals surface area (Å²) in [5.74, 6) is 0. The van der Waals surface area contributed by atoms with Gasteiger partial charge in [-0.2, -0.15) is 0 Å². The standard InChI is InChI=1S/C33H19N3O2/c37-33-23-11-4-6-14-25(23)35-32-31(20-9-2-1-3-10-20)34-26-18-17-21(19-27(26)36(32)33)22-13-8-16-29-30(22)24-12-5-7-15-28(24)38-29/h1-19H. The zero-order valence-corrected chi connectivity index (χ0v) is 20.1. The molecule has 8 rings (SSSR count). The number of aromatic nitrogens is 3. The summed E-state index contributed by atoms with van der Waals surface area (Å²) >= 11 is 0. The van der Waals surface area contributed by atoms with Gasteiger partial charge < -0.3 is 4.42 Å². The Kier molecular flexibility index (Phi) is 4.31. The molecule has 0 radical (unpaired) electrons. The molecule has 5 aromatic carbocycles. The molecule has 0 atom stereocenters. The van der Waals surface area contributed by atoms with Crippen LogP contribution in [0.3, 0.4) is 0 Å². The van der Waals surface area contributed by atoms with Gasteiger partial charge in [-0.3, -0.25) is 9.20 Å². The lowest BCUT2D eigenvalue weighted by atomic mass is 9.99. The van der Waals surface area contributed by atoms with E-state index in [9.17, 15) is 4.79 Å². The average Bonchev–Trinajstić information content (AvgIpc) is 3.36. The summed E-state index contributed by atoms with van der Waals surface area (Å²) in [6, 6.07) is 37.6. The number of furan rings is 1. The van der Waals surface area contributed by atoms with Crippen molar-refractivity contribution in [1.29, 1.82) is 0 Å². The third-order valence-electron chi connectivity index (χ3n) is 7.20. The van der Waals surface area contributed by atoms with Gasteiger partial charge in [0.2, 0.25) is 0 Å². The Balaban J connectivity index is 1.51. The van der Waals surface area contributed by atoms with Crippen LogP contribution in [0.2, 0.25) is 0 Å². The molecule has 0 aliphatic rings. The van der Waals surface area contributed by atoms with Crippen LogP contribution >= 0.6 is 0 Å². The fraction of sp³-hybridized carbons (Fsp3) is 0. The smallest absolute Gasteiger partial charge is 0.266 e. The van der Waals surface area contributed by atoms with Gasteiger partial charge in [-0.1, -0.05) is 78.9 Å². The van der Waals surface area contributed by atoms with E-state index in [0.717, 1.165) is 44.1 Å². The molecule has 3 aromatic heterocycles. The molecule has 0 amide bonds. The second-order valence-electron chi connectivity index (χ2n) is 9.40. The first kappa shape index (κ1) is 20.9. The first-order valence-corrected chi connectivity index (χ1v) is 12.5. The number of para-hydroxylation sites is 2. The van der Waals surface area contributed by atoms with Crippen molar-refractivity contribution in [2.45, 2.75) is 0 Å². The molecule has 8 aromatic rings. The van der Waals surface area contributed by atoms with Gasteiger partial charge in [-0.15, -0.1) is 0 Å². The third kappa shape index (κ3) is 2.96. The van der Waals surface area contributed by atoms with E-state index in [-0.39, 0.29) is 5.56 Å². The molecule has 3 heterocycles. The van der Waals surface area contributed by atoms with Gasteiger partial charge in [-0.05, 0) is 47.5 Å². The summed E-state index contributed by atoms with van der Waals surface area (Å²) in [4.78, 5) is 23.9. The Bertz CT molecular complexity index is 2260. The van der Waals surface area contributed by atoms with Crippen molar-refractivity contribution in [2.24, 2.45) is 0 Å². The number of hydrogen-bond acceptors (Lipinski definition) is 4. The molecule has 178 valence electrons. The number of rotatable bonds is 2. The first-order valence-electron chi connectivity index (χ1n) is 12.5. The predicted molar refractivity (Wildman–Crippen MR) is 152 cm³/mol. The van der Waals surface area contributed by atoms with E-state index in [1.807, 2.05) is 97.1 Å². The number of fused-ring (bicyclic) bond motifs is 7. The molecule has 0 N–H and O–H groups in total. The van der Waals surface area contributed by atoms with E-state index in [2.05, 4.69) is 18.2 Å². The third-order valence-corrected chi connectivity index (χ3v) is 7.20. The van der Waals surface area contributed by atoms with Gasteiger partial charge in [-0.25, -0.2) is 9.97 Å². The molecule has 38 heavy (non-hydrogen) atoms. The van der Waals surface area contributed by atoms with Crippen molar-refractivity contribution < 1.29 is 4.42 Å². The molecule has 0 saturated carbocycles. The van der Waals surface area contributed by atoms with Gasteiger partial charge >= 0.3 is 0 Å². The second kappa shape index (κ2) is 7.85. The monoisotopic (exact) mass is 489 g/mol. The van der Waals surface area contributed by atoms with E-state index < -0.39 is 0 Å². The molecule has 0 aliphatic carbocycles. The summed E-state index contributed by atoms with van der Waals surface area (Å²) in [6.07, 6.45) is 0. The van der Waals surface area contributed by atoms with Crippen LogP contribution in [0.1, 0.15) is 0 Å². The van der Waals surface area contributed by atoms with Gasteiger partial charge in [0.15, 0.2) is 5.65 Å². The van der Waals surface area contributed by atoms with Crippen LogP contribution in [0.4, 0.5) is 0 Å². The average molecular weight is 490 g/mol. The maximum Gasteiger partial charge on any atom is 0.266 e. The van der Waals surface area contributed by atoms with Gasteiger partial charge in [0.1, 0.15) is 16.9 Å². The molecule has 5 heteroatoms. The highest BCUT2D eigenvalue weighted by molar-refractivity contribution is 6.12. The number of benzene rings is 5. The highest BCUT2D eigenvalue weighted by atomic mass is 16.3. The zero-order valence-electron chi connectivity index (χ0n) is 20.1. The molecule has 0 spiro atoms. The Hall–Kier alpha value is -5.29. The largest absolute Gasteiger partial charge is 0.456 e. The maximum absolute atomic E-state index is 14.0. The van der Waals surface area contributed by atoms with Crippen LogP contribution in [-0.2, 0) is 0 Å². The lowest BCUT2D eigenvalue weighted by molar-refractivity contribution is 0.669. The van der Waals surface area contributed by atoms with Crippen LogP contribution in [0, 0.1) is 0 Å². The quantitative estimate of drug-likeness (QED) is 0.185. The normalized spacial score (nSPS) is 11.8. The van der Waals surface area contributed by atoms with E-state index in [1.54, 1.807) is 4.40 Å². The molecule has 5 nitrogen and oxygen atoms in total. The Morgan fingerprint density at radius 1 is 0.605 bits per heavy atom. The van der Waals surface area contributed by atoms with Crippen molar-refractivity contribution >= 4 is 49.5 Å². The molecule has 0 fully saturated rings. The summed E-state index contributed by atoms with van der Waals surface area (Å²) in [7, 11) is 0. The highest BCUT2D eigenvalue weighted by Gasteiger charge is 2.17. The van der Waals surface area contributed by atoms with Crippen molar-refractivity contribution in [1.82, 2.24) is 14.4 Å². The summed E-state index contributed by atoms with van der Waals surface area (Å²) in [5, 5.41) is 2.69. The van der Waals surface area contributed by atoms with Crippen LogP contribution in [-0.4, -0.2) is 14.4 Å². The van der Waals surface area contributed by atoms with Crippen molar-refractivity contribution in [3.8, 4) is 22.4 Å². The summed E-state index contributed by atoms with van der Waals surface area (Å²) in [5.41, 5.74) is 7.80. The molecule has 0 unspecified atom stereocenters. The lowest BCUT2D eigenvalue weighted by Gasteiger charge is -2.13. The predicted octanol–water partition coefficient (Wildman–Crippen LogP) is 7.63. The highest BCUT2D eigenvalue weighted by Crippen LogP contribution is 2.37. The van der Waals surface area contributed by atoms with E-state index >= 15 is 0 Å². The summed E-state index contributed by atoms with van der Waals surface area (Å²) < 4.78 is 7.84. The van der Waals surface area contributed by atoms with Crippen molar-refractivity contribution in [3.63, 3.8) is 0 Å². The molecular formula is C33H19N3O2. The maximum atomic E-state index is 14.0. The molecule has 0 saturated heterocycles. The fourth-order valence-corrected chi connectivity index (χ4v) is 5.45. The van der Waals surface area contributed by atoms with Gasteiger partial charge in [0, 0.05) is 16.3 Å². The van der Waals surface area contributed by atoms with Crippen molar-refractivity contribution in [3.05, 3.63) is 126 Å². The van der Waals surface area contributed by atoms with E-state index in [4.69, 9.17) is 14.4 Å². The van der Waals surface area contributed by atoms with Crippen LogP contribution < -0.4 is 5.56 Å². The lowest BCUT2D eigenvalue weighted by Crippen LogP contribution is -2.17. The van der Waals surface area contributed by atoms with Gasteiger partial charge in [0.25, 0.3) is 5.56 Å². The van der Waals surface area contributed by atoms with Crippen LogP contribution in [0.25, 0.3) is 71.9 Å². The second-order valence-corrected chi connectivity index (χ2v) is 9.40. The molecular weight excluding hydrogens is 470 g/mol. The van der Waals surface area contributed by atoms with Crippen LogP contribution in [0.15, 0.2) is 124 Å². The minimum absolute atomic E-state index is 0.112. The minimum Gasteiger partial charge on any atom is -0.456 e. The van der Waals surface area contributed by atoms with E-state index in [1.165, 1.54) is 0 Å². The Morgan fingerprint density at radius 2 is 1.37 bits per heavy atom. The summed E-state index contributed by atoms with van der Waals surface area (Å²) in [6.45, 7) is 0. The van der Waals surface area contributed by atoms with Crippen molar-refractivity contribution in [2.75, 3.05) is 0 Å². The van der Waals surface area contributed by atoms with Crippen LogP contribution in [0.5, 0.6) is 0 Å². The molecule has 0 bridgehead atoms. The zero-order chi connectivity index (χ0) is 25.2. The molecule has 0 aliphatic heterocycles. The minimum atomic E-state index is -0.112. The topological polar surface area (TPSA) is 60.4 Å². The number of hydrogen-bond donors (Lipinski definition) is 0. The number of nitrogens with zero attached hydrogens (tertiary/aromatic N) is 3. The Morgan fingerprint density at radius 3 is 2.26 bits per heavy atom. The Labute approximate surface area is 216 Å². The van der Waals surface area contributed by atoms with Gasteiger partial charge in [0.05, 0.1) is 21.9 Å². The first-order chi connectivity index (χ1) is 18.8. The fourth-order valence-electron chi connectivity index (χ4n) is 5.45. The SMILES string of the molecule is O=c1c2ccccc2nc2c(-c3ccccc3)nc3ccc(-c4cccc5oc6ccccc6c45)cc3n12.